The first-order valence-corrected chi connectivity index (χ1v) is 10.6. The van der Waals surface area contributed by atoms with E-state index in [2.05, 4.69) is 39.8 Å². The number of likely N-dealkylation sites (N-methyl/N-ethyl adjacent to an activating group) is 1. The van der Waals surface area contributed by atoms with Crippen molar-refractivity contribution in [3.63, 3.8) is 0 Å². The summed E-state index contributed by atoms with van der Waals surface area (Å²) in [6.45, 7) is 9.48. The average Bonchev–Trinajstić information content (AvgIpc) is 3.20. The zero-order valence-corrected chi connectivity index (χ0v) is 18.5. The monoisotopic (exact) mass is 449 g/mol. The second-order valence-electron chi connectivity index (χ2n) is 6.39. The molecule has 0 unspecified atom stereocenters. The summed E-state index contributed by atoms with van der Waals surface area (Å²) in [5, 5.41) is 4.95. The minimum Gasteiger partial charge on any atom is -0.302 e. The van der Waals surface area contributed by atoms with Crippen LogP contribution in [0.2, 0.25) is 0 Å². The molecule has 27 heavy (non-hydrogen) atoms. The number of carbonyl (C=O) groups excluding carboxylic acids is 1. The van der Waals surface area contributed by atoms with Gasteiger partial charge in [-0.15, -0.1) is 0 Å². The molecule has 0 N–H and O–H groups in total. The van der Waals surface area contributed by atoms with Crippen LogP contribution in [0.25, 0.3) is 10.2 Å². The van der Waals surface area contributed by atoms with Crippen LogP contribution < -0.4 is 4.90 Å². The lowest BCUT2D eigenvalue weighted by Gasteiger charge is -2.25. The summed E-state index contributed by atoms with van der Waals surface area (Å²) in [7, 11) is 1.80. The lowest BCUT2D eigenvalue weighted by Crippen LogP contribution is -2.39. The van der Waals surface area contributed by atoms with Gasteiger partial charge in [-0.25, -0.2) is 4.98 Å². The minimum atomic E-state index is -0.0576. The first-order valence-electron chi connectivity index (χ1n) is 9.03. The molecule has 3 rings (SSSR count). The van der Waals surface area contributed by atoms with E-state index in [9.17, 15) is 4.79 Å². The van der Waals surface area contributed by atoms with Gasteiger partial charge in [-0.2, -0.15) is 5.10 Å². The maximum Gasteiger partial charge on any atom is 0.278 e. The number of hydrogen-bond acceptors (Lipinski definition) is 5. The second kappa shape index (κ2) is 8.50. The molecule has 1 amide bonds. The Labute approximate surface area is 171 Å². The van der Waals surface area contributed by atoms with E-state index in [1.165, 1.54) is 11.3 Å². The normalized spacial score (nSPS) is 11.5. The van der Waals surface area contributed by atoms with Crippen LogP contribution in [0, 0.1) is 6.92 Å². The number of fused-ring (bicyclic) bond motifs is 1. The van der Waals surface area contributed by atoms with Crippen molar-refractivity contribution in [3.8, 4) is 0 Å². The van der Waals surface area contributed by atoms with Crippen molar-refractivity contribution in [2.75, 3.05) is 31.1 Å². The largest absolute Gasteiger partial charge is 0.302 e. The minimum absolute atomic E-state index is 0.0576. The molecule has 6 nitrogen and oxygen atoms in total. The maximum atomic E-state index is 13.4. The van der Waals surface area contributed by atoms with Gasteiger partial charge in [-0.3, -0.25) is 14.4 Å². The number of halogens is 1. The van der Waals surface area contributed by atoms with Gasteiger partial charge in [-0.05, 0) is 43.8 Å². The standard InChI is InChI=1S/C19H24BrN5OS/c1-5-24(6-2)9-10-25(18(26)17-13(3)12-21-23(17)4)19-22-15-8-7-14(20)11-16(15)27-19/h7-8,11-12H,5-6,9-10H2,1-4H3. The lowest BCUT2D eigenvalue weighted by atomic mass is 10.2. The van der Waals surface area contributed by atoms with Crippen LogP contribution in [0.15, 0.2) is 28.9 Å². The zero-order chi connectivity index (χ0) is 19.6. The third-order valence-electron chi connectivity index (χ3n) is 4.67. The fourth-order valence-corrected chi connectivity index (χ4v) is 4.59. The molecule has 1 aromatic carbocycles. The zero-order valence-electron chi connectivity index (χ0n) is 16.1. The number of amides is 1. The van der Waals surface area contributed by atoms with Crippen molar-refractivity contribution in [2.24, 2.45) is 7.05 Å². The van der Waals surface area contributed by atoms with Gasteiger partial charge in [0.25, 0.3) is 5.91 Å². The van der Waals surface area contributed by atoms with Crippen molar-refractivity contribution < 1.29 is 4.79 Å². The SMILES string of the molecule is CCN(CC)CCN(C(=O)c1c(C)cnn1C)c1nc2ccc(Br)cc2s1. The molecular formula is C19H24BrN5OS. The van der Waals surface area contributed by atoms with Crippen molar-refractivity contribution in [2.45, 2.75) is 20.8 Å². The molecule has 0 aliphatic rings. The van der Waals surface area contributed by atoms with Crippen LogP contribution in [0.4, 0.5) is 5.13 Å². The predicted octanol–water partition coefficient (Wildman–Crippen LogP) is 4.09. The van der Waals surface area contributed by atoms with E-state index in [4.69, 9.17) is 4.98 Å². The Morgan fingerprint density at radius 2 is 2.00 bits per heavy atom. The van der Waals surface area contributed by atoms with Crippen molar-refractivity contribution >= 4 is 48.5 Å². The van der Waals surface area contributed by atoms with Gasteiger partial charge >= 0.3 is 0 Å². The number of rotatable bonds is 7. The summed E-state index contributed by atoms with van der Waals surface area (Å²) < 4.78 is 3.71. The van der Waals surface area contributed by atoms with Gasteiger partial charge in [0.05, 0.1) is 16.4 Å². The quantitative estimate of drug-likeness (QED) is 0.544. The molecule has 3 aromatic rings. The Hall–Kier alpha value is -1.77. The van der Waals surface area contributed by atoms with Crippen LogP contribution >= 0.6 is 27.3 Å². The average molecular weight is 450 g/mol. The Balaban J connectivity index is 1.99. The maximum absolute atomic E-state index is 13.4. The molecule has 0 saturated carbocycles. The summed E-state index contributed by atoms with van der Waals surface area (Å²) >= 11 is 5.05. The van der Waals surface area contributed by atoms with E-state index in [0.29, 0.717) is 12.2 Å². The first-order chi connectivity index (χ1) is 12.9. The van der Waals surface area contributed by atoms with Crippen molar-refractivity contribution in [3.05, 3.63) is 40.1 Å². The van der Waals surface area contributed by atoms with E-state index in [0.717, 1.165) is 45.0 Å². The number of aromatic nitrogens is 3. The predicted molar refractivity (Wildman–Crippen MR) is 115 cm³/mol. The summed E-state index contributed by atoms with van der Waals surface area (Å²) in [6.07, 6.45) is 1.73. The van der Waals surface area contributed by atoms with Gasteiger partial charge in [-0.1, -0.05) is 41.1 Å². The molecule has 0 fully saturated rings. The summed E-state index contributed by atoms with van der Waals surface area (Å²) in [6, 6.07) is 5.99. The van der Waals surface area contributed by atoms with E-state index < -0.39 is 0 Å². The van der Waals surface area contributed by atoms with Gasteiger partial charge < -0.3 is 4.90 Å². The molecule has 144 valence electrons. The summed E-state index contributed by atoms with van der Waals surface area (Å²) in [5.74, 6) is -0.0576. The van der Waals surface area contributed by atoms with E-state index >= 15 is 0 Å². The highest BCUT2D eigenvalue weighted by molar-refractivity contribution is 9.10. The van der Waals surface area contributed by atoms with Gasteiger partial charge in [0, 0.05) is 24.6 Å². The van der Waals surface area contributed by atoms with Crippen LogP contribution in [0.5, 0.6) is 0 Å². The van der Waals surface area contributed by atoms with Crippen LogP contribution in [0.1, 0.15) is 29.9 Å². The molecular weight excluding hydrogens is 426 g/mol. The number of hydrogen-bond donors (Lipinski definition) is 0. The van der Waals surface area contributed by atoms with Gasteiger partial charge in [0.1, 0.15) is 5.69 Å². The number of benzene rings is 1. The molecule has 8 heteroatoms. The number of thiazole rings is 1. The van der Waals surface area contributed by atoms with Gasteiger partial charge in [0.2, 0.25) is 0 Å². The molecule has 0 radical (unpaired) electrons. The second-order valence-corrected chi connectivity index (χ2v) is 8.32. The van der Waals surface area contributed by atoms with Crippen molar-refractivity contribution in [1.29, 1.82) is 0 Å². The topological polar surface area (TPSA) is 54.3 Å². The van der Waals surface area contributed by atoms with E-state index in [1.807, 2.05) is 25.1 Å². The molecule has 0 aliphatic carbocycles. The molecule has 2 aromatic heterocycles. The molecule has 0 aliphatic heterocycles. The molecule has 2 heterocycles. The van der Waals surface area contributed by atoms with Crippen LogP contribution in [0.3, 0.4) is 0 Å². The number of nitrogens with zero attached hydrogens (tertiary/aromatic N) is 5. The number of anilines is 1. The highest BCUT2D eigenvalue weighted by atomic mass is 79.9. The molecule has 0 bridgehead atoms. The van der Waals surface area contributed by atoms with E-state index in [-0.39, 0.29) is 5.91 Å². The first kappa shape index (κ1) is 20.0. The van der Waals surface area contributed by atoms with Crippen LogP contribution in [-0.2, 0) is 7.05 Å². The molecule has 0 spiro atoms. The van der Waals surface area contributed by atoms with Gasteiger partial charge in [0.15, 0.2) is 5.13 Å². The Morgan fingerprint density at radius 3 is 2.63 bits per heavy atom. The third-order valence-corrected chi connectivity index (χ3v) is 6.21. The Morgan fingerprint density at radius 1 is 1.26 bits per heavy atom. The third kappa shape index (κ3) is 4.23. The lowest BCUT2D eigenvalue weighted by molar-refractivity contribution is 0.0974. The molecule has 0 atom stereocenters. The van der Waals surface area contributed by atoms with Crippen LogP contribution in [-0.4, -0.2) is 51.8 Å². The Bertz CT molecular complexity index is 927. The highest BCUT2D eigenvalue weighted by Crippen LogP contribution is 2.31. The smallest absolute Gasteiger partial charge is 0.278 e. The Kier molecular flexibility index (Phi) is 6.29. The highest BCUT2D eigenvalue weighted by Gasteiger charge is 2.25. The molecule has 0 saturated heterocycles. The fourth-order valence-electron chi connectivity index (χ4n) is 3.05. The number of aryl methyl sites for hydroxylation is 2. The fraction of sp³-hybridized carbons (Fsp3) is 0.421. The van der Waals surface area contributed by atoms with Crippen molar-refractivity contribution in [1.82, 2.24) is 19.7 Å². The number of carbonyl (C=O) groups is 1. The van der Waals surface area contributed by atoms with E-state index in [1.54, 1.807) is 22.8 Å². The summed E-state index contributed by atoms with van der Waals surface area (Å²) in [5.41, 5.74) is 2.38. The summed E-state index contributed by atoms with van der Waals surface area (Å²) in [4.78, 5) is 22.2.